The van der Waals surface area contributed by atoms with E-state index in [1.165, 1.54) is 0 Å². The highest BCUT2D eigenvalue weighted by molar-refractivity contribution is 5.14. The van der Waals surface area contributed by atoms with Gasteiger partial charge in [-0.2, -0.15) is 0 Å². The molecule has 0 spiro atoms. The first-order valence-electron chi connectivity index (χ1n) is 3.18. The molecule has 0 aromatic heterocycles. The van der Waals surface area contributed by atoms with Crippen molar-refractivity contribution < 1.29 is 4.84 Å². The van der Waals surface area contributed by atoms with Crippen molar-refractivity contribution >= 4 is 0 Å². The molecule has 1 rings (SSSR count). The van der Waals surface area contributed by atoms with E-state index in [2.05, 4.69) is 10.2 Å². The average molecular weight is 139 g/mol. The van der Waals surface area contributed by atoms with E-state index in [-0.39, 0.29) is 12.0 Å². The minimum absolute atomic E-state index is 0.178. The van der Waals surface area contributed by atoms with Crippen LogP contribution in [0.2, 0.25) is 0 Å². The van der Waals surface area contributed by atoms with Crippen LogP contribution < -0.4 is 0 Å². The molecular formula is C7H9NO2. The SMILES string of the molecule is CC1C=CC=CC1ON=O. The van der Waals surface area contributed by atoms with Gasteiger partial charge in [0.2, 0.25) is 0 Å². The molecule has 0 heterocycles. The maximum atomic E-state index is 9.69. The van der Waals surface area contributed by atoms with Gasteiger partial charge in [0, 0.05) is 5.92 Å². The van der Waals surface area contributed by atoms with Gasteiger partial charge in [-0.05, 0) is 6.08 Å². The van der Waals surface area contributed by atoms with Crippen molar-refractivity contribution in [2.75, 3.05) is 0 Å². The molecule has 0 saturated carbocycles. The summed E-state index contributed by atoms with van der Waals surface area (Å²) in [6.45, 7) is 1.97. The Kier molecular flexibility index (Phi) is 2.20. The van der Waals surface area contributed by atoms with Crippen LogP contribution in [-0.2, 0) is 4.84 Å². The summed E-state index contributed by atoms with van der Waals surface area (Å²) in [5, 5.41) is 2.37. The van der Waals surface area contributed by atoms with Gasteiger partial charge in [-0.15, -0.1) is 4.91 Å². The molecule has 0 amide bonds. The predicted octanol–water partition coefficient (Wildman–Crippen LogP) is 1.82. The lowest BCUT2D eigenvalue weighted by Crippen LogP contribution is -2.16. The molecule has 0 radical (unpaired) electrons. The van der Waals surface area contributed by atoms with Crippen LogP contribution in [0.5, 0.6) is 0 Å². The van der Waals surface area contributed by atoms with E-state index in [9.17, 15) is 4.91 Å². The van der Waals surface area contributed by atoms with Gasteiger partial charge in [0.1, 0.15) is 0 Å². The fourth-order valence-electron chi connectivity index (χ4n) is 0.879. The highest BCUT2D eigenvalue weighted by Crippen LogP contribution is 2.14. The Balaban J connectivity index is 2.52. The third kappa shape index (κ3) is 1.43. The lowest BCUT2D eigenvalue weighted by molar-refractivity contribution is 0.0641. The molecule has 1 aliphatic rings. The largest absolute Gasteiger partial charge is 0.356 e. The van der Waals surface area contributed by atoms with Gasteiger partial charge in [-0.3, -0.25) is 0 Å². The van der Waals surface area contributed by atoms with Gasteiger partial charge < -0.3 is 4.84 Å². The molecule has 54 valence electrons. The topological polar surface area (TPSA) is 38.7 Å². The zero-order valence-corrected chi connectivity index (χ0v) is 5.73. The minimum atomic E-state index is -0.178. The van der Waals surface area contributed by atoms with E-state index < -0.39 is 0 Å². The summed E-state index contributed by atoms with van der Waals surface area (Å²) in [5.41, 5.74) is 0. The lowest BCUT2D eigenvalue weighted by Gasteiger charge is -2.15. The Morgan fingerprint density at radius 1 is 1.40 bits per heavy atom. The summed E-state index contributed by atoms with van der Waals surface area (Å²) in [6.07, 6.45) is 7.37. The van der Waals surface area contributed by atoms with Crippen LogP contribution in [0, 0.1) is 10.8 Å². The molecule has 3 nitrogen and oxygen atoms in total. The van der Waals surface area contributed by atoms with Crippen LogP contribution in [0.25, 0.3) is 0 Å². The van der Waals surface area contributed by atoms with Crippen LogP contribution in [0.1, 0.15) is 6.92 Å². The van der Waals surface area contributed by atoms with Gasteiger partial charge in [-0.1, -0.05) is 25.2 Å². The molecule has 0 aromatic carbocycles. The first-order chi connectivity index (χ1) is 4.84. The second-order valence-corrected chi connectivity index (χ2v) is 2.27. The van der Waals surface area contributed by atoms with Crippen LogP contribution in [0.3, 0.4) is 0 Å². The Labute approximate surface area is 59.3 Å². The van der Waals surface area contributed by atoms with Crippen LogP contribution in [0.4, 0.5) is 0 Å². The van der Waals surface area contributed by atoms with Crippen molar-refractivity contribution in [2.45, 2.75) is 13.0 Å². The summed E-state index contributed by atoms with van der Waals surface area (Å²) in [7, 11) is 0. The number of hydrogen-bond acceptors (Lipinski definition) is 3. The Morgan fingerprint density at radius 3 is 2.70 bits per heavy atom. The fourth-order valence-corrected chi connectivity index (χ4v) is 0.879. The quantitative estimate of drug-likeness (QED) is 0.432. The molecular weight excluding hydrogens is 130 g/mol. The number of rotatable bonds is 2. The Hall–Kier alpha value is -1.12. The fraction of sp³-hybridized carbons (Fsp3) is 0.429. The molecule has 0 saturated heterocycles. The number of hydrogen-bond donors (Lipinski definition) is 0. The number of nitrogens with zero attached hydrogens (tertiary/aromatic N) is 1. The Morgan fingerprint density at radius 2 is 2.10 bits per heavy atom. The van der Waals surface area contributed by atoms with E-state index >= 15 is 0 Å². The van der Waals surface area contributed by atoms with Gasteiger partial charge >= 0.3 is 0 Å². The molecule has 3 heteroatoms. The second-order valence-electron chi connectivity index (χ2n) is 2.27. The van der Waals surface area contributed by atoms with Crippen LogP contribution in [0.15, 0.2) is 29.6 Å². The summed E-state index contributed by atoms with van der Waals surface area (Å²) in [5.74, 6) is 0.239. The highest BCUT2D eigenvalue weighted by atomic mass is 16.7. The average Bonchev–Trinajstić information content (AvgIpc) is 1.94. The molecule has 0 N–H and O–H groups in total. The van der Waals surface area contributed by atoms with Crippen molar-refractivity contribution in [1.82, 2.24) is 0 Å². The predicted molar refractivity (Wildman–Crippen MR) is 38.1 cm³/mol. The Bertz CT molecular complexity index is 174. The zero-order valence-electron chi connectivity index (χ0n) is 5.73. The van der Waals surface area contributed by atoms with Crippen molar-refractivity contribution in [3.63, 3.8) is 0 Å². The zero-order chi connectivity index (χ0) is 7.40. The van der Waals surface area contributed by atoms with Gasteiger partial charge in [0.05, 0.1) is 0 Å². The van der Waals surface area contributed by atoms with E-state index in [0.717, 1.165) is 0 Å². The van der Waals surface area contributed by atoms with E-state index in [1.807, 2.05) is 31.2 Å². The second kappa shape index (κ2) is 3.15. The third-order valence-corrected chi connectivity index (χ3v) is 1.51. The molecule has 0 aliphatic heterocycles. The molecule has 2 atom stereocenters. The van der Waals surface area contributed by atoms with Gasteiger partial charge in [-0.25, -0.2) is 0 Å². The summed E-state index contributed by atoms with van der Waals surface area (Å²) < 4.78 is 0. The monoisotopic (exact) mass is 139 g/mol. The first-order valence-corrected chi connectivity index (χ1v) is 3.18. The summed E-state index contributed by atoms with van der Waals surface area (Å²) in [4.78, 5) is 14.2. The van der Waals surface area contributed by atoms with Crippen molar-refractivity contribution in [3.05, 3.63) is 29.2 Å². The van der Waals surface area contributed by atoms with E-state index in [0.29, 0.717) is 0 Å². The van der Waals surface area contributed by atoms with Crippen LogP contribution >= 0.6 is 0 Å². The molecule has 2 unspecified atom stereocenters. The van der Waals surface area contributed by atoms with Gasteiger partial charge in [0.15, 0.2) is 11.4 Å². The van der Waals surface area contributed by atoms with E-state index in [1.54, 1.807) is 0 Å². The molecule has 0 aromatic rings. The molecule has 0 fully saturated rings. The third-order valence-electron chi connectivity index (χ3n) is 1.51. The smallest absolute Gasteiger partial charge is 0.155 e. The maximum absolute atomic E-state index is 9.69. The first kappa shape index (κ1) is 6.99. The lowest BCUT2D eigenvalue weighted by atomic mass is 10.0. The molecule has 0 bridgehead atoms. The standard InChI is InChI=1S/C7H9NO2/c1-6-4-2-3-5-7(6)10-8-9/h2-7H,1H3. The van der Waals surface area contributed by atoms with Crippen molar-refractivity contribution in [1.29, 1.82) is 0 Å². The van der Waals surface area contributed by atoms with Crippen LogP contribution in [-0.4, -0.2) is 6.10 Å². The normalized spacial score (nSPS) is 30.1. The summed E-state index contributed by atoms with van der Waals surface area (Å²) in [6, 6.07) is 0. The van der Waals surface area contributed by atoms with Crippen molar-refractivity contribution in [3.8, 4) is 0 Å². The highest BCUT2D eigenvalue weighted by Gasteiger charge is 2.14. The van der Waals surface area contributed by atoms with E-state index in [4.69, 9.17) is 0 Å². The molecule has 1 aliphatic carbocycles. The minimum Gasteiger partial charge on any atom is -0.356 e. The number of allylic oxidation sites excluding steroid dienone is 2. The maximum Gasteiger partial charge on any atom is 0.155 e. The molecule has 10 heavy (non-hydrogen) atoms. The summed E-state index contributed by atoms with van der Waals surface area (Å²) >= 11 is 0. The van der Waals surface area contributed by atoms with Crippen molar-refractivity contribution in [2.24, 2.45) is 11.3 Å². The van der Waals surface area contributed by atoms with Gasteiger partial charge in [0.25, 0.3) is 0 Å².